The smallest absolute Gasteiger partial charge is 0.0662 e. The molecule has 0 radical (unpaired) electrons. The monoisotopic (exact) mass is 158 g/mol. The predicted octanol–water partition coefficient (Wildman–Crippen LogP) is 1.69. The average Bonchev–Trinajstić information content (AvgIpc) is 1.83. The van der Waals surface area contributed by atoms with Crippen LogP contribution in [-0.2, 0) is 0 Å². The summed E-state index contributed by atoms with van der Waals surface area (Å²) in [5.74, 6) is 0.558. The average molecular weight is 158 g/mol. The lowest BCUT2D eigenvalue weighted by molar-refractivity contribution is 0.107. The van der Waals surface area contributed by atoms with Crippen LogP contribution in [0, 0.1) is 11.3 Å². The van der Waals surface area contributed by atoms with Crippen molar-refractivity contribution in [3.8, 4) is 0 Å². The molecular formula is C9H22N2. The van der Waals surface area contributed by atoms with E-state index in [1.165, 1.54) is 0 Å². The van der Waals surface area contributed by atoms with Crippen LogP contribution in [0.2, 0.25) is 0 Å². The maximum Gasteiger partial charge on any atom is 0.0662 e. The standard InChI is InChI=1S/C9H22N2/c1-6-7(2)8(3,4)9(5,10)11/h7H,6,10-11H2,1-5H3. The largest absolute Gasteiger partial charge is 0.313 e. The molecule has 0 aromatic carbocycles. The summed E-state index contributed by atoms with van der Waals surface area (Å²) in [6.07, 6.45) is 1.12. The van der Waals surface area contributed by atoms with Gasteiger partial charge in [-0.25, -0.2) is 0 Å². The third kappa shape index (κ3) is 2.17. The van der Waals surface area contributed by atoms with Crippen LogP contribution in [0.15, 0.2) is 0 Å². The Morgan fingerprint density at radius 3 is 1.64 bits per heavy atom. The first-order valence-electron chi connectivity index (χ1n) is 4.31. The minimum Gasteiger partial charge on any atom is -0.313 e. The van der Waals surface area contributed by atoms with Crippen molar-refractivity contribution in [2.75, 3.05) is 0 Å². The summed E-state index contributed by atoms with van der Waals surface area (Å²) in [6, 6.07) is 0. The summed E-state index contributed by atoms with van der Waals surface area (Å²) in [4.78, 5) is 0. The van der Waals surface area contributed by atoms with Gasteiger partial charge in [0.1, 0.15) is 0 Å². The van der Waals surface area contributed by atoms with Gasteiger partial charge in [0.2, 0.25) is 0 Å². The molecule has 2 heteroatoms. The van der Waals surface area contributed by atoms with Crippen LogP contribution >= 0.6 is 0 Å². The molecule has 0 aromatic heterocycles. The van der Waals surface area contributed by atoms with Crippen LogP contribution in [0.3, 0.4) is 0 Å². The lowest BCUT2D eigenvalue weighted by Gasteiger charge is -2.42. The summed E-state index contributed by atoms with van der Waals surface area (Å²) in [7, 11) is 0. The molecule has 0 rings (SSSR count). The highest BCUT2D eigenvalue weighted by molar-refractivity contribution is 4.91. The van der Waals surface area contributed by atoms with Gasteiger partial charge in [-0.15, -0.1) is 0 Å². The molecule has 0 aliphatic heterocycles. The second-order valence-corrected chi connectivity index (χ2v) is 4.31. The number of hydrogen-bond acceptors (Lipinski definition) is 2. The Morgan fingerprint density at radius 1 is 1.18 bits per heavy atom. The van der Waals surface area contributed by atoms with E-state index in [9.17, 15) is 0 Å². The van der Waals surface area contributed by atoms with Crippen molar-refractivity contribution in [3.63, 3.8) is 0 Å². The van der Waals surface area contributed by atoms with Gasteiger partial charge in [0.15, 0.2) is 0 Å². The molecule has 0 heterocycles. The zero-order chi connectivity index (χ0) is 9.28. The van der Waals surface area contributed by atoms with E-state index in [-0.39, 0.29) is 5.41 Å². The molecule has 0 spiro atoms. The molecule has 2 nitrogen and oxygen atoms in total. The molecule has 1 unspecified atom stereocenters. The quantitative estimate of drug-likeness (QED) is 0.614. The Hall–Kier alpha value is -0.0800. The van der Waals surface area contributed by atoms with E-state index in [0.29, 0.717) is 5.92 Å². The van der Waals surface area contributed by atoms with E-state index >= 15 is 0 Å². The normalized spacial score (nSPS) is 16.6. The van der Waals surface area contributed by atoms with Gasteiger partial charge in [-0.2, -0.15) is 0 Å². The van der Waals surface area contributed by atoms with Gasteiger partial charge in [-0.1, -0.05) is 34.1 Å². The third-order valence-corrected chi connectivity index (χ3v) is 3.23. The van der Waals surface area contributed by atoms with E-state index in [1.807, 2.05) is 6.92 Å². The van der Waals surface area contributed by atoms with Crippen molar-refractivity contribution in [1.29, 1.82) is 0 Å². The fraction of sp³-hybridized carbons (Fsp3) is 1.00. The van der Waals surface area contributed by atoms with Crippen molar-refractivity contribution in [1.82, 2.24) is 0 Å². The van der Waals surface area contributed by atoms with Crippen molar-refractivity contribution < 1.29 is 0 Å². The second-order valence-electron chi connectivity index (χ2n) is 4.31. The van der Waals surface area contributed by atoms with Crippen molar-refractivity contribution in [2.24, 2.45) is 22.8 Å². The van der Waals surface area contributed by atoms with Crippen LogP contribution in [0.5, 0.6) is 0 Å². The Balaban J connectivity index is 4.45. The summed E-state index contributed by atoms with van der Waals surface area (Å²) in [5.41, 5.74) is 11.2. The van der Waals surface area contributed by atoms with Gasteiger partial charge in [0.05, 0.1) is 5.66 Å². The Morgan fingerprint density at radius 2 is 1.55 bits per heavy atom. The predicted molar refractivity (Wildman–Crippen MR) is 50.0 cm³/mol. The first kappa shape index (κ1) is 10.9. The highest BCUT2D eigenvalue weighted by atomic mass is 15.0. The summed E-state index contributed by atoms with van der Waals surface area (Å²) >= 11 is 0. The first-order chi connectivity index (χ1) is 4.73. The SMILES string of the molecule is CCC(C)C(C)(C)C(C)(N)N. The van der Waals surface area contributed by atoms with Gasteiger partial charge in [0.25, 0.3) is 0 Å². The molecule has 0 amide bonds. The molecule has 0 aromatic rings. The third-order valence-electron chi connectivity index (χ3n) is 3.23. The van der Waals surface area contributed by atoms with E-state index in [2.05, 4.69) is 27.7 Å². The molecule has 0 bridgehead atoms. The van der Waals surface area contributed by atoms with Crippen LogP contribution in [0.25, 0.3) is 0 Å². The zero-order valence-electron chi connectivity index (χ0n) is 8.44. The van der Waals surface area contributed by atoms with Crippen LogP contribution in [-0.4, -0.2) is 5.66 Å². The Labute approximate surface area is 70.3 Å². The molecule has 68 valence electrons. The van der Waals surface area contributed by atoms with Gasteiger partial charge >= 0.3 is 0 Å². The second kappa shape index (κ2) is 3.11. The van der Waals surface area contributed by atoms with E-state index in [1.54, 1.807) is 0 Å². The van der Waals surface area contributed by atoms with E-state index in [0.717, 1.165) is 6.42 Å². The Bertz CT molecular complexity index is 122. The van der Waals surface area contributed by atoms with E-state index < -0.39 is 5.66 Å². The molecule has 0 fully saturated rings. The van der Waals surface area contributed by atoms with Gasteiger partial charge in [-0.3, -0.25) is 0 Å². The molecule has 0 saturated carbocycles. The van der Waals surface area contributed by atoms with Gasteiger partial charge in [-0.05, 0) is 18.3 Å². The molecule has 11 heavy (non-hydrogen) atoms. The molecule has 1 atom stereocenters. The molecule has 0 saturated heterocycles. The Kier molecular flexibility index (Phi) is 3.09. The van der Waals surface area contributed by atoms with Crippen LogP contribution in [0.1, 0.15) is 41.0 Å². The molecular weight excluding hydrogens is 136 g/mol. The zero-order valence-corrected chi connectivity index (χ0v) is 8.44. The fourth-order valence-corrected chi connectivity index (χ4v) is 1.04. The van der Waals surface area contributed by atoms with E-state index in [4.69, 9.17) is 11.5 Å². The highest BCUT2D eigenvalue weighted by Crippen LogP contribution is 2.35. The lowest BCUT2D eigenvalue weighted by Crippen LogP contribution is -2.60. The molecule has 4 N–H and O–H groups in total. The van der Waals surface area contributed by atoms with Crippen LogP contribution in [0.4, 0.5) is 0 Å². The minimum absolute atomic E-state index is 0.00174. The van der Waals surface area contributed by atoms with Crippen molar-refractivity contribution in [3.05, 3.63) is 0 Å². The summed E-state index contributed by atoms with van der Waals surface area (Å²) in [5, 5.41) is 0. The maximum atomic E-state index is 5.87. The van der Waals surface area contributed by atoms with Crippen LogP contribution < -0.4 is 11.5 Å². The maximum absolute atomic E-state index is 5.87. The fourth-order valence-electron chi connectivity index (χ4n) is 1.04. The minimum atomic E-state index is -0.581. The number of nitrogens with two attached hydrogens (primary N) is 2. The highest BCUT2D eigenvalue weighted by Gasteiger charge is 2.37. The number of hydrogen-bond donors (Lipinski definition) is 2. The summed E-state index contributed by atoms with van der Waals surface area (Å²) < 4.78 is 0. The summed E-state index contributed by atoms with van der Waals surface area (Å²) in [6.45, 7) is 10.5. The van der Waals surface area contributed by atoms with Crippen molar-refractivity contribution >= 4 is 0 Å². The van der Waals surface area contributed by atoms with Gasteiger partial charge in [0, 0.05) is 0 Å². The lowest BCUT2D eigenvalue weighted by atomic mass is 9.70. The topological polar surface area (TPSA) is 52.0 Å². The van der Waals surface area contributed by atoms with Crippen molar-refractivity contribution in [2.45, 2.75) is 46.7 Å². The van der Waals surface area contributed by atoms with Gasteiger partial charge < -0.3 is 11.5 Å². The molecule has 0 aliphatic rings. The molecule has 0 aliphatic carbocycles. The first-order valence-corrected chi connectivity index (χ1v) is 4.31. The number of rotatable bonds is 3.